The molecule has 7 heteroatoms. The van der Waals surface area contributed by atoms with Gasteiger partial charge in [-0.1, -0.05) is 24.3 Å². The van der Waals surface area contributed by atoms with Crippen LogP contribution in [-0.2, 0) is 0 Å². The zero-order valence-corrected chi connectivity index (χ0v) is 17.8. The van der Waals surface area contributed by atoms with Crippen LogP contribution in [0.3, 0.4) is 0 Å². The average Bonchev–Trinajstić information content (AvgIpc) is 3.15. The van der Waals surface area contributed by atoms with Crippen LogP contribution in [0.15, 0.2) is 54.6 Å². The molecule has 0 aliphatic rings. The maximum absolute atomic E-state index is 9.47. The predicted octanol–water partition coefficient (Wildman–Crippen LogP) is 6.23. The van der Waals surface area contributed by atoms with Crippen molar-refractivity contribution in [1.29, 1.82) is 5.26 Å². The third kappa shape index (κ3) is 3.24. The molecular formula is C26H15N7. The molecule has 0 bridgehead atoms. The first-order valence-corrected chi connectivity index (χ1v) is 10.1. The minimum atomic E-state index is 0.434. The molecule has 2 heterocycles. The summed E-state index contributed by atoms with van der Waals surface area (Å²) in [6.07, 6.45) is 0. The Kier molecular flexibility index (Phi) is 4.56. The minimum Gasteiger partial charge on any atom is -0.311 e. The largest absolute Gasteiger partial charge is 0.311 e. The van der Waals surface area contributed by atoms with Crippen LogP contribution in [0.1, 0.15) is 17.2 Å². The van der Waals surface area contributed by atoms with Crippen molar-refractivity contribution < 1.29 is 0 Å². The first kappa shape index (κ1) is 19.9. The van der Waals surface area contributed by atoms with Crippen molar-refractivity contribution in [1.82, 2.24) is 19.5 Å². The summed E-state index contributed by atoms with van der Waals surface area (Å²) in [5.41, 5.74) is 4.57. The van der Waals surface area contributed by atoms with E-state index in [-0.39, 0.29) is 0 Å². The molecule has 3 aromatic carbocycles. The van der Waals surface area contributed by atoms with Crippen LogP contribution in [0, 0.1) is 38.3 Å². The fraction of sp³-hybridized carbons (Fsp3) is 0.0769. The molecule has 0 saturated heterocycles. The number of aryl methyl sites for hydroxylation is 2. The molecule has 0 aliphatic heterocycles. The van der Waals surface area contributed by atoms with Crippen molar-refractivity contribution >= 4 is 33.2 Å². The molecule has 0 radical (unpaired) electrons. The zero-order chi connectivity index (χ0) is 23.1. The Labute approximate surface area is 189 Å². The van der Waals surface area contributed by atoms with Gasteiger partial charge in [0.2, 0.25) is 0 Å². The number of hydrogen-bond acceptors (Lipinski definition) is 4. The van der Waals surface area contributed by atoms with Crippen molar-refractivity contribution in [3.05, 3.63) is 94.6 Å². The first-order valence-electron chi connectivity index (χ1n) is 10.1. The second kappa shape index (κ2) is 7.57. The molecule has 33 heavy (non-hydrogen) atoms. The number of aromatic nitrogens is 4. The van der Waals surface area contributed by atoms with Crippen LogP contribution in [0.5, 0.6) is 0 Å². The second-order valence-corrected chi connectivity index (χ2v) is 7.56. The molecule has 0 saturated carbocycles. The number of nitrogens with zero attached hydrogens (tertiary/aromatic N) is 7. The Bertz CT molecular complexity index is 1630. The first-order chi connectivity index (χ1) is 16.0. The lowest BCUT2D eigenvalue weighted by atomic mass is 10.1. The van der Waals surface area contributed by atoms with Gasteiger partial charge in [0.15, 0.2) is 17.2 Å². The van der Waals surface area contributed by atoms with E-state index in [1.165, 1.54) is 0 Å². The van der Waals surface area contributed by atoms with Gasteiger partial charge in [0.1, 0.15) is 11.6 Å². The Morgan fingerprint density at radius 2 is 1.52 bits per heavy atom. The highest BCUT2D eigenvalue weighted by Crippen LogP contribution is 2.37. The van der Waals surface area contributed by atoms with Crippen LogP contribution in [0.2, 0.25) is 0 Å². The Hall–Kier alpha value is -5.06. The fourth-order valence-electron chi connectivity index (χ4n) is 4.10. The quantitative estimate of drug-likeness (QED) is 0.314. The van der Waals surface area contributed by atoms with Gasteiger partial charge < -0.3 is 4.57 Å². The summed E-state index contributed by atoms with van der Waals surface area (Å²) in [5.74, 6) is 1.60. The highest BCUT2D eigenvalue weighted by Gasteiger charge is 2.17. The van der Waals surface area contributed by atoms with Crippen LogP contribution >= 0.6 is 0 Å². The lowest BCUT2D eigenvalue weighted by Crippen LogP contribution is -2.00. The van der Waals surface area contributed by atoms with E-state index >= 15 is 0 Å². The molecular weight excluding hydrogens is 410 g/mol. The molecule has 5 aromatic rings. The van der Waals surface area contributed by atoms with Gasteiger partial charge in [-0.25, -0.2) is 24.6 Å². The summed E-state index contributed by atoms with van der Waals surface area (Å²) < 4.78 is 2.01. The average molecular weight is 425 g/mol. The van der Waals surface area contributed by atoms with E-state index in [1.807, 2.05) is 41.0 Å². The van der Waals surface area contributed by atoms with Crippen LogP contribution < -0.4 is 0 Å². The van der Waals surface area contributed by atoms with E-state index in [9.17, 15) is 5.26 Å². The fourth-order valence-corrected chi connectivity index (χ4v) is 4.10. The molecule has 0 fully saturated rings. The number of hydrogen-bond donors (Lipinski definition) is 0. The molecule has 0 aliphatic carbocycles. The standard InChI is InChI=1S/C26H15N7/c1-15-30-16(2)32-26(31-15)22-13-19(7-10-23(22)29-4)33-24-11-17(14-27)5-8-20(24)21-9-6-18(28-3)12-25(21)33/h5-13H,1-2H3. The Morgan fingerprint density at radius 3 is 2.18 bits per heavy atom. The maximum atomic E-state index is 9.47. The van der Waals surface area contributed by atoms with Gasteiger partial charge in [0.25, 0.3) is 0 Å². The smallest absolute Gasteiger partial charge is 0.198 e. The SMILES string of the molecule is [C-]#[N+]c1ccc2c3ccc(C#N)cc3n(-c3ccc([N+]#[C-])c(-c4nc(C)nc(C)n4)c3)c2c1. The molecule has 2 aromatic heterocycles. The molecule has 0 amide bonds. The van der Waals surface area contributed by atoms with Crippen molar-refractivity contribution in [2.45, 2.75) is 13.8 Å². The van der Waals surface area contributed by atoms with Gasteiger partial charge in [-0.05, 0) is 44.2 Å². The summed E-state index contributed by atoms with van der Waals surface area (Å²) >= 11 is 0. The third-order valence-electron chi connectivity index (χ3n) is 5.47. The van der Waals surface area contributed by atoms with Gasteiger partial charge in [-0.3, -0.25) is 0 Å². The Balaban J connectivity index is 1.88. The van der Waals surface area contributed by atoms with Crippen molar-refractivity contribution in [3.63, 3.8) is 0 Å². The lowest BCUT2D eigenvalue weighted by Gasteiger charge is -2.12. The number of nitriles is 1. The van der Waals surface area contributed by atoms with Crippen LogP contribution in [0.4, 0.5) is 11.4 Å². The molecule has 0 N–H and O–H groups in total. The summed E-state index contributed by atoms with van der Waals surface area (Å²) in [6, 6.07) is 18.8. The predicted molar refractivity (Wildman–Crippen MR) is 126 cm³/mol. The molecule has 5 rings (SSSR count). The Morgan fingerprint density at radius 1 is 0.818 bits per heavy atom. The molecule has 0 spiro atoms. The topological polar surface area (TPSA) is 76.1 Å². The van der Waals surface area contributed by atoms with E-state index in [0.29, 0.717) is 40.0 Å². The normalized spacial score (nSPS) is 10.6. The summed E-state index contributed by atoms with van der Waals surface area (Å²) in [6.45, 7) is 18.7. The van der Waals surface area contributed by atoms with E-state index < -0.39 is 0 Å². The van der Waals surface area contributed by atoms with Gasteiger partial charge in [-0.15, -0.1) is 0 Å². The van der Waals surface area contributed by atoms with E-state index in [0.717, 1.165) is 27.5 Å². The molecule has 0 unspecified atom stereocenters. The van der Waals surface area contributed by atoms with E-state index in [4.69, 9.17) is 13.1 Å². The van der Waals surface area contributed by atoms with Crippen molar-refractivity contribution in [2.24, 2.45) is 0 Å². The zero-order valence-electron chi connectivity index (χ0n) is 17.8. The molecule has 154 valence electrons. The highest BCUT2D eigenvalue weighted by molar-refractivity contribution is 6.10. The minimum absolute atomic E-state index is 0.434. The van der Waals surface area contributed by atoms with Crippen molar-refractivity contribution in [2.75, 3.05) is 0 Å². The van der Waals surface area contributed by atoms with E-state index in [1.54, 1.807) is 32.0 Å². The third-order valence-corrected chi connectivity index (χ3v) is 5.47. The van der Waals surface area contributed by atoms with Crippen LogP contribution in [0.25, 0.3) is 48.6 Å². The molecule has 7 nitrogen and oxygen atoms in total. The second-order valence-electron chi connectivity index (χ2n) is 7.56. The maximum Gasteiger partial charge on any atom is 0.198 e. The van der Waals surface area contributed by atoms with Crippen molar-refractivity contribution in [3.8, 4) is 23.1 Å². The van der Waals surface area contributed by atoms with Gasteiger partial charge in [0.05, 0.1) is 30.3 Å². The summed E-state index contributed by atoms with van der Waals surface area (Å²) in [4.78, 5) is 20.4. The number of benzene rings is 3. The number of rotatable bonds is 2. The summed E-state index contributed by atoms with van der Waals surface area (Å²) in [5, 5.41) is 11.4. The number of fused-ring (bicyclic) bond motifs is 3. The molecule has 0 atom stereocenters. The summed E-state index contributed by atoms with van der Waals surface area (Å²) in [7, 11) is 0. The van der Waals surface area contributed by atoms with Gasteiger partial charge in [0, 0.05) is 27.5 Å². The van der Waals surface area contributed by atoms with Gasteiger partial charge in [-0.2, -0.15) is 5.26 Å². The van der Waals surface area contributed by atoms with Gasteiger partial charge >= 0.3 is 0 Å². The van der Waals surface area contributed by atoms with Crippen LogP contribution in [-0.4, -0.2) is 19.5 Å². The lowest BCUT2D eigenvalue weighted by molar-refractivity contribution is 0.929. The monoisotopic (exact) mass is 425 g/mol. The highest BCUT2D eigenvalue weighted by atomic mass is 15.0. The van der Waals surface area contributed by atoms with E-state index in [2.05, 4.69) is 30.7 Å².